The third-order valence-corrected chi connectivity index (χ3v) is 5.00. The van der Waals surface area contributed by atoms with Gasteiger partial charge in [0.05, 0.1) is 23.3 Å². The molecule has 7 heteroatoms. The molecular formula is C17H17ClN2O3S. The molecule has 1 aliphatic heterocycles. The number of esters is 1. The smallest absolute Gasteiger partial charge is 0.319 e. The molecule has 126 valence electrons. The first-order valence-corrected chi connectivity index (χ1v) is 8.75. The van der Waals surface area contributed by atoms with Crippen LogP contribution in [0, 0.1) is 11.3 Å². The number of rotatable bonds is 5. The van der Waals surface area contributed by atoms with Gasteiger partial charge in [0, 0.05) is 17.4 Å². The highest BCUT2D eigenvalue weighted by Crippen LogP contribution is 2.39. The van der Waals surface area contributed by atoms with E-state index in [0.29, 0.717) is 15.6 Å². The van der Waals surface area contributed by atoms with Crippen LogP contribution in [-0.4, -0.2) is 23.7 Å². The Hall–Kier alpha value is -1.97. The Bertz CT molecular complexity index is 727. The van der Waals surface area contributed by atoms with Crippen LogP contribution in [0.3, 0.4) is 0 Å². The molecule has 24 heavy (non-hydrogen) atoms. The Morgan fingerprint density at radius 2 is 2.25 bits per heavy atom. The number of halogens is 1. The molecule has 2 rings (SSSR count). The van der Waals surface area contributed by atoms with E-state index in [0.717, 1.165) is 17.3 Å². The van der Waals surface area contributed by atoms with E-state index in [1.54, 1.807) is 32.0 Å². The van der Waals surface area contributed by atoms with Gasteiger partial charge in [-0.15, -0.1) is 0 Å². The minimum atomic E-state index is -0.534. The van der Waals surface area contributed by atoms with Gasteiger partial charge in [-0.3, -0.25) is 9.59 Å². The number of nitrogens with zero attached hydrogens (tertiary/aromatic N) is 1. The van der Waals surface area contributed by atoms with Crippen molar-refractivity contribution >= 4 is 35.2 Å². The summed E-state index contributed by atoms with van der Waals surface area (Å²) in [5.74, 6) is -1.02. The Morgan fingerprint density at radius 3 is 2.88 bits per heavy atom. The fraction of sp³-hybridized carbons (Fsp3) is 0.353. The average molecular weight is 365 g/mol. The van der Waals surface area contributed by atoms with Crippen molar-refractivity contribution in [2.75, 3.05) is 6.61 Å². The summed E-state index contributed by atoms with van der Waals surface area (Å²) in [4.78, 5) is 23.9. The number of amides is 1. The van der Waals surface area contributed by atoms with Crippen LogP contribution in [0.4, 0.5) is 0 Å². The lowest BCUT2D eigenvalue weighted by Gasteiger charge is -2.26. The summed E-state index contributed by atoms with van der Waals surface area (Å²) in [5.41, 5.74) is 1.14. The summed E-state index contributed by atoms with van der Waals surface area (Å²) in [6, 6.07) is 9.31. The standard InChI is InChI=1S/C17H17ClN2O3S/c1-3-23-17(22)10(2)24-16-13(9-19)12(8-15(21)20-16)11-6-4-5-7-14(11)18/h4-7,10,12H,3,8H2,1-2H3,(H,20,21)/t10-,12+/m1/s1. The Labute approximate surface area is 150 Å². The highest BCUT2D eigenvalue weighted by molar-refractivity contribution is 8.04. The van der Waals surface area contributed by atoms with Gasteiger partial charge < -0.3 is 10.1 Å². The molecule has 0 saturated carbocycles. The molecule has 1 aliphatic rings. The first kappa shape index (κ1) is 18.4. The van der Waals surface area contributed by atoms with Gasteiger partial charge in [0.2, 0.25) is 5.91 Å². The molecule has 1 amide bonds. The van der Waals surface area contributed by atoms with Crippen molar-refractivity contribution in [3.05, 3.63) is 45.5 Å². The molecule has 0 unspecified atom stereocenters. The SMILES string of the molecule is CCOC(=O)[C@@H](C)SC1=C(C#N)[C@H](c2ccccc2Cl)CC(=O)N1. The van der Waals surface area contributed by atoms with E-state index in [4.69, 9.17) is 16.3 Å². The fourth-order valence-corrected chi connectivity index (χ4v) is 3.69. The van der Waals surface area contributed by atoms with Gasteiger partial charge in [0.1, 0.15) is 5.25 Å². The highest BCUT2D eigenvalue weighted by Gasteiger charge is 2.32. The topological polar surface area (TPSA) is 79.2 Å². The number of ether oxygens (including phenoxy) is 1. The van der Waals surface area contributed by atoms with Crippen LogP contribution in [0.5, 0.6) is 0 Å². The number of thioether (sulfide) groups is 1. The molecular weight excluding hydrogens is 348 g/mol. The van der Waals surface area contributed by atoms with Crippen molar-refractivity contribution < 1.29 is 14.3 Å². The van der Waals surface area contributed by atoms with Crippen LogP contribution in [0.25, 0.3) is 0 Å². The molecule has 0 aromatic heterocycles. The molecule has 0 saturated heterocycles. The number of carbonyl (C=O) groups is 2. The molecule has 1 aromatic carbocycles. The van der Waals surface area contributed by atoms with Gasteiger partial charge in [0.25, 0.3) is 0 Å². The monoisotopic (exact) mass is 364 g/mol. The van der Waals surface area contributed by atoms with Gasteiger partial charge in [0.15, 0.2) is 0 Å². The molecule has 1 heterocycles. The summed E-state index contributed by atoms with van der Waals surface area (Å²) in [5, 5.41) is 12.6. The normalized spacial score (nSPS) is 18.6. The second-order valence-corrected chi connectivity index (χ2v) is 6.95. The lowest BCUT2D eigenvalue weighted by atomic mass is 9.87. The number of hydrogen-bond acceptors (Lipinski definition) is 5. The second-order valence-electron chi connectivity index (χ2n) is 5.19. The largest absolute Gasteiger partial charge is 0.465 e. The number of nitrogens with one attached hydrogen (secondary N) is 1. The summed E-state index contributed by atoms with van der Waals surface area (Å²) in [7, 11) is 0. The van der Waals surface area contributed by atoms with Crippen molar-refractivity contribution in [1.29, 1.82) is 5.26 Å². The van der Waals surface area contributed by atoms with E-state index in [2.05, 4.69) is 11.4 Å². The van der Waals surface area contributed by atoms with Crippen molar-refractivity contribution in [2.24, 2.45) is 0 Å². The van der Waals surface area contributed by atoms with Crippen molar-refractivity contribution in [3.63, 3.8) is 0 Å². The Balaban J connectivity index is 2.37. The number of carbonyl (C=O) groups excluding carboxylic acids is 2. The van der Waals surface area contributed by atoms with Crippen LogP contribution < -0.4 is 5.32 Å². The zero-order chi connectivity index (χ0) is 17.7. The van der Waals surface area contributed by atoms with Gasteiger partial charge in [-0.05, 0) is 25.5 Å². The zero-order valence-corrected chi connectivity index (χ0v) is 14.9. The highest BCUT2D eigenvalue weighted by atomic mass is 35.5. The van der Waals surface area contributed by atoms with E-state index in [-0.39, 0.29) is 24.9 Å². The Morgan fingerprint density at radius 1 is 1.54 bits per heavy atom. The van der Waals surface area contributed by atoms with Crippen molar-refractivity contribution in [1.82, 2.24) is 5.32 Å². The van der Waals surface area contributed by atoms with Crippen LogP contribution in [-0.2, 0) is 14.3 Å². The van der Waals surface area contributed by atoms with Crippen LogP contribution in [0.1, 0.15) is 31.7 Å². The zero-order valence-electron chi connectivity index (χ0n) is 13.3. The summed E-state index contributed by atoms with van der Waals surface area (Å²) in [6.45, 7) is 3.68. The van der Waals surface area contributed by atoms with Crippen LogP contribution >= 0.6 is 23.4 Å². The molecule has 0 aliphatic carbocycles. The van der Waals surface area contributed by atoms with Gasteiger partial charge in [-0.1, -0.05) is 41.6 Å². The molecule has 1 N–H and O–H groups in total. The molecule has 0 spiro atoms. The van der Waals surface area contributed by atoms with Gasteiger partial charge in [-0.25, -0.2) is 0 Å². The molecule has 0 bridgehead atoms. The van der Waals surface area contributed by atoms with E-state index in [1.807, 2.05) is 6.07 Å². The maximum Gasteiger partial charge on any atom is 0.319 e. The predicted molar refractivity (Wildman–Crippen MR) is 93.3 cm³/mol. The molecule has 0 radical (unpaired) electrons. The van der Waals surface area contributed by atoms with Gasteiger partial charge >= 0.3 is 5.97 Å². The quantitative estimate of drug-likeness (QED) is 0.810. The minimum Gasteiger partial charge on any atom is -0.465 e. The van der Waals surface area contributed by atoms with E-state index < -0.39 is 11.2 Å². The summed E-state index contributed by atoms with van der Waals surface area (Å²) < 4.78 is 4.97. The molecule has 0 fully saturated rings. The average Bonchev–Trinajstić information content (AvgIpc) is 2.55. The first-order chi connectivity index (χ1) is 11.5. The molecule has 5 nitrogen and oxygen atoms in total. The van der Waals surface area contributed by atoms with Crippen molar-refractivity contribution in [3.8, 4) is 6.07 Å². The van der Waals surface area contributed by atoms with E-state index in [9.17, 15) is 14.9 Å². The van der Waals surface area contributed by atoms with Gasteiger partial charge in [-0.2, -0.15) is 5.26 Å². The fourth-order valence-electron chi connectivity index (χ4n) is 2.42. The molecule has 2 atom stereocenters. The molecule has 1 aromatic rings. The van der Waals surface area contributed by atoms with E-state index >= 15 is 0 Å². The number of benzene rings is 1. The first-order valence-electron chi connectivity index (χ1n) is 7.49. The third-order valence-electron chi connectivity index (χ3n) is 3.55. The third kappa shape index (κ3) is 4.11. The summed E-state index contributed by atoms with van der Waals surface area (Å²) in [6.07, 6.45) is 0.143. The van der Waals surface area contributed by atoms with Crippen LogP contribution in [0.15, 0.2) is 34.9 Å². The maximum atomic E-state index is 12.1. The lowest BCUT2D eigenvalue weighted by Crippen LogP contribution is -2.32. The van der Waals surface area contributed by atoms with Crippen molar-refractivity contribution in [2.45, 2.75) is 31.4 Å². The van der Waals surface area contributed by atoms with E-state index in [1.165, 1.54) is 0 Å². The predicted octanol–water partition coefficient (Wildman–Crippen LogP) is 3.36. The second kappa shape index (κ2) is 8.22. The summed E-state index contributed by atoms with van der Waals surface area (Å²) >= 11 is 7.34. The number of hydrogen-bond donors (Lipinski definition) is 1. The Kier molecular flexibility index (Phi) is 6.29. The number of allylic oxidation sites excluding steroid dienone is 1. The number of nitriles is 1. The maximum absolute atomic E-state index is 12.1. The lowest BCUT2D eigenvalue weighted by molar-refractivity contribution is -0.142. The minimum absolute atomic E-state index is 0.143. The van der Waals surface area contributed by atoms with Crippen LogP contribution in [0.2, 0.25) is 5.02 Å².